The molecule has 1 aromatic heterocycles. The Hall–Kier alpha value is -3.21. The van der Waals surface area contributed by atoms with Gasteiger partial charge in [-0.3, -0.25) is 4.90 Å². The third-order valence-electron chi connectivity index (χ3n) is 5.58. The minimum absolute atomic E-state index is 0.0816. The third-order valence-corrected chi connectivity index (χ3v) is 5.58. The van der Waals surface area contributed by atoms with Gasteiger partial charge in [0.05, 0.1) is 26.4 Å². The van der Waals surface area contributed by atoms with Crippen LogP contribution in [0.25, 0.3) is 11.3 Å². The monoisotopic (exact) mass is 490 g/mol. The number of hydrogen-bond acceptors (Lipinski definition) is 8. The summed E-state index contributed by atoms with van der Waals surface area (Å²) in [5.74, 6) is 1.29. The zero-order valence-corrected chi connectivity index (χ0v) is 19.4. The molecule has 3 aromatic rings. The summed E-state index contributed by atoms with van der Waals surface area (Å²) in [6.07, 6.45) is -0.309. The Morgan fingerprint density at radius 1 is 1.06 bits per heavy atom. The van der Waals surface area contributed by atoms with Crippen molar-refractivity contribution in [3.63, 3.8) is 0 Å². The van der Waals surface area contributed by atoms with Gasteiger partial charge in [-0.1, -0.05) is 17.3 Å². The van der Waals surface area contributed by atoms with Crippen LogP contribution in [0.5, 0.6) is 17.2 Å². The zero-order valence-electron chi connectivity index (χ0n) is 19.4. The van der Waals surface area contributed by atoms with E-state index in [0.29, 0.717) is 48.9 Å². The highest BCUT2D eigenvalue weighted by Gasteiger charge is 2.19. The number of hydrogen-bond donors (Lipinski definition) is 1. The standard InChI is InChI=1S/C25H28F2N2O6/c1-31-20-5-2-17(3-6-20)16-33-24-12-18(4-7-23(24)34-25(26)27)22-14-21(35-28-22)13-19(30)15-29-8-10-32-11-9-29/h2-7,12,14,19,25,30H,8-11,13,15-16H2,1H3. The largest absolute Gasteiger partial charge is 0.497 e. The molecule has 1 N–H and O–H groups in total. The molecule has 4 rings (SSSR count). The number of benzene rings is 2. The Kier molecular flexibility index (Phi) is 8.51. The Morgan fingerprint density at radius 3 is 2.54 bits per heavy atom. The van der Waals surface area contributed by atoms with Gasteiger partial charge < -0.3 is 28.6 Å². The molecule has 0 aliphatic carbocycles. The first-order valence-corrected chi connectivity index (χ1v) is 11.3. The lowest BCUT2D eigenvalue weighted by molar-refractivity contribution is -0.0515. The Balaban J connectivity index is 1.44. The second kappa shape index (κ2) is 12.0. The number of morpholine rings is 1. The molecule has 35 heavy (non-hydrogen) atoms. The van der Waals surface area contributed by atoms with Gasteiger partial charge in [-0.05, 0) is 35.9 Å². The number of ether oxygens (including phenoxy) is 4. The van der Waals surface area contributed by atoms with E-state index < -0.39 is 12.7 Å². The summed E-state index contributed by atoms with van der Waals surface area (Å²) < 4.78 is 52.1. The van der Waals surface area contributed by atoms with Crippen molar-refractivity contribution in [3.05, 3.63) is 59.9 Å². The molecule has 1 aliphatic heterocycles. The second-order valence-corrected chi connectivity index (χ2v) is 8.13. The Labute approximate surface area is 201 Å². The predicted octanol–water partition coefficient (Wildman–Crippen LogP) is 3.77. The molecule has 0 spiro atoms. The average molecular weight is 491 g/mol. The molecule has 2 heterocycles. The second-order valence-electron chi connectivity index (χ2n) is 8.13. The summed E-state index contributed by atoms with van der Waals surface area (Å²) in [4.78, 5) is 2.14. The van der Waals surface area contributed by atoms with E-state index in [1.54, 1.807) is 37.4 Å². The van der Waals surface area contributed by atoms with Crippen LogP contribution in [0.15, 0.2) is 53.1 Å². The topological polar surface area (TPSA) is 86.4 Å². The molecular weight excluding hydrogens is 462 g/mol. The molecule has 0 amide bonds. The molecule has 1 unspecified atom stereocenters. The van der Waals surface area contributed by atoms with Crippen molar-refractivity contribution in [2.24, 2.45) is 0 Å². The number of alkyl halides is 2. The molecule has 1 aliphatic rings. The van der Waals surface area contributed by atoms with E-state index in [1.807, 2.05) is 12.1 Å². The van der Waals surface area contributed by atoms with Gasteiger partial charge in [0.15, 0.2) is 11.5 Å². The number of rotatable bonds is 11. The number of halogens is 2. The molecule has 10 heteroatoms. The van der Waals surface area contributed by atoms with Crippen LogP contribution < -0.4 is 14.2 Å². The first-order valence-electron chi connectivity index (χ1n) is 11.3. The van der Waals surface area contributed by atoms with Crippen molar-refractivity contribution < 1.29 is 37.4 Å². The van der Waals surface area contributed by atoms with Crippen LogP contribution in [0.3, 0.4) is 0 Å². The molecule has 8 nitrogen and oxygen atoms in total. The normalized spacial score (nSPS) is 15.2. The van der Waals surface area contributed by atoms with E-state index in [9.17, 15) is 13.9 Å². The summed E-state index contributed by atoms with van der Waals surface area (Å²) in [5.41, 5.74) is 1.93. The number of aromatic nitrogens is 1. The van der Waals surface area contributed by atoms with E-state index in [-0.39, 0.29) is 18.1 Å². The molecule has 2 aromatic carbocycles. The highest BCUT2D eigenvalue weighted by atomic mass is 19.3. The first-order chi connectivity index (χ1) is 17.0. The van der Waals surface area contributed by atoms with Crippen LogP contribution in [0.4, 0.5) is 8.78 Å². The van der Waals surface area contributed by atoms with Crippen molar-refractivity contribution in [2.75, 3.05) is 40.0 Å². The molecule has 0 bridgehead atoms. The van der Waals surface area contributed by atoms with Crippen LogP contribution >= 0.6 is 0 Å². The van der Waals surface area contributed by atoms with E-state index in [2.05, 4.69) is 14.8 Å². The van der Waals surface area contributed by atoms with Crippen LogP contribution in [0.1, 0.15) is 11.3 Å². The first kappa shape index (κ1) is 24.9. The molecule has 1 fully saturated rings. The van der Waals surface area contributed by atoms with Gasteiger partial charge in [-0.25, -0.2) is 0 Å². The lowest BCUT2D eigenvalue weighted by Crippen LogP contribution is -2.41. The van der Waals surface area contributed by atoms with Gasteiger partial charge in [0.2, 0.25) is 0 Å². The fourth-order valence-corrected chi connectivity index (χ4v) is 3.78. The highest BCUT2D eigenvalue weighted by molar-refractivity contribution is 5.64. The van der Waals surface area contributed by atoms with E-state index in [1.165, 1.54) is 6.07 Å². The summed E-state index contributed by atoms with van der Waals surface area (Å²) in [5, 5.41) is 14.5. The third kappa shape index (κ3) is 7.14. The zero-order chi connectivity index (χ0) is 24.6. The van der Waals surface area contributed by atoms with E-state index in [0.717, 1.165) is 18.7 Å². The maximum atomic E-state index is 12.9. The summed E-state index contributed by atoms with van der Waals surface area (Å²) in [7, 11) is 1.57. The number of aliphatic hydroxyl groups is 1. The number of aliphatic hydroxyl groups excluding tert-OH is 1. The van der Waals surface area contributed by atoms with Crippen molar-refractivity contribution >= 4 is 0 Å². The Bertz CT molecular complexity index is 1070. The van der Waals surface area contributed by atoms with Gasteiger partial charge >= 0.3 is 6.61 Å². The molecular formula is C25H28F2N2O6. The summed E-state index contributed by atoms with van der Waals surface area (Å²) >= 11 is 0. The Morgan fingerprint density at radius 2 is 1.83 bits per heavy atom. The minimum atomic E-state index is -2.99. The van der Waals surface area contributed by atoms with Gasteiger partial charge in [-0.15, -0.1) is 0 Å². The van der Waals surface area contributed by atoms with Crippen molar-refractivity contribution in [1.29, 1.82) is 0 Å². The maximum absolute atomic E-state index is 12.9. The maximum Gasteiger partial charge on any atom is 0.387 e. The molecule has 188 valence electrons. The lowest BCUT2D eigenvalue weighted by atomic mass is 10.1. The van der Waals surface area contributed by atoms with Crippen LogP contribution in [0, 0.1) is 0 Å². The van der Waals surface area contributed by atoms with Crippen LogP contribution in [0.2, 0.25) is 0 Å². The fourth-order valence-electron chi connectivity index (χ4n) is 3.78. The SMILES string of the molecule is COc1ccc(COc2cc(-c3cc(CC(O)CN4CCOCC4)on3)ccc2OC(F)F)cc1. The summed E-state index contributed by atoms with van der Waals surface area (Å²) in [6.45, 7) is 0.556. The van der Waals surface area contributed by atoms with Gasteiger partial charge in [0.25, 0.3) is 0 Å². The molecule has 1 atom stereocenters. The van der Waals surface area contributed by atoms with Crippen LogP contribution in [-0.4, -0.2) is 67.8 Å². The highest BCUT2D eigenvalue weighted by Crippen LogP contribution is 2.34. The smallest absolute Gasteiger partial charge is 0.387 e. The van der Waals surface area contributed by atoms with Crippen molar-refractivity contribution in [1.82, 2.24) is 10.1 Å². The summed E-state index contributed by atoms with van der Waals surface area (Å²) in [6, 6.07) is 13.5. The number of β-amino-alcohol motifs (C(OH)–C–C–N with tert-alkyl or cyclic N) is 1. The van der Waals surface area contributed by atoms with Crippen molar-refractivity contribution in [2.45, 2.75) is 25.7 Å². The minimum Gasteiger partial charge on any atom is -0.497 e. The molecule has 0 saturated carbocycles. The van der Waals surface area contributed by atoms with E-state index >= 15 is 0 Å². The van der Waals surface area contributed by atoms with Gasteiger partial charge in [0, 0.05) is 37.7 Å². The quantitative estimate of drug-likeness (QED) is 0.435. The lowest BCUT2D eigenvalue weighted by Gasteiger charge is -2.28. The van der Waals surface area contributed by atoms with Crippen molar-refractivity contribution in [3.8, 4) is 28.5 Å². The van der Waals surface area contributed by atoms with Crippen LogP contribution in [-0.2, 0) is 17.8 Å². The van der Waals surface area contributed by atoms with Gasteiger partial charge in [0.1, 0.15) is 23.8 Å². The fraction of sp³-hybridized carbons (Fsp3) is 0.400. The number of methoxy groups -OCH3 is 1. The predicted molar refractivity (Wildman–Crippen MR) is 123 cm³/mol. The average Bonchev–Trinajstić information content (AvgIpc) is 3.32. The molecule has 0 radical (unpaired) electrons. The van der Waals surface area contributed by atoms with E-state index in [4.69, 9.17) is 18.7 Å². The molecule has 1 saturated heterocycles. The number of nitrogens with zero attached hydrogens (tertiary/aromatic N) is 2. The van der Waals surface area contributed by atoms with Gasteiger partial charge in [-0.2, -0.15) is 8.78 Å².